The van der Waals surface area contributed by atoms with Crippen LogP contribution >= 0.6 is 0 Å². The Labute approximate surface area is 68.4 Å². The summed E-state index contributed by atoms with van der Waals surface area (Å²) in [6.07, 6.45) is 3.60. The smallest absolute Gasteiger partial charge is 0.228 e. The van der Waals surface area contributed by atoms with Crippen molar-refractivity contribution in [1.82, 2.24) is 0 Å². The molecule has 0 bridgehead atoms. The normalized spacial score (nSPS) is 34.7. The highest BCUT2D eigenvalue weighted by atomic mass is 28.4. The molecule has 3 heteroatoms. The fourth-order valence-electron chi connectivity index (χ4n) is 1.42. The molecule has 0 N–H and O–H groups in total. The summed E-state index contributed by atoms with van der Waals surface area (Å²) in [5.74, 6) is -0.886. The number of halogens is 1. The topological polar surface area (TPSA) is 9.23 Å². The zero-order valence-electron chi connectivity index (χ0n) is 6.98. The van der Waals surface area contributed by atoms with Crippen molar-refractivity contribution in [2.75, 3.05) is 6.61 Å². The molecule has 1 saturated heterocycles. The maximum atomic E-state index is 13.2. The van der Waals surface area contributed by atoms with Crippen molar-refractivity contribution < 1.29 is 8.82 Å². The average molecular weight is 174 g/mol. The molecule has 1 aliphatic heterocycles. The molecule has 1 rings (SSSR count). The molecule has 2 atom stereocenters. The van der Waals surface area contributed by atoms with Crippen molar-refractivity contribution in [2.24, 2.45) is 0 Å². The zero-order chi connectivity index (χ0) is 8.32. The van der Waals surface area contributed by atoms with E-state index in [9.17, 15) is 4.39 Å². The van der Waals surface area contributed by atoms with Gasteiger partial charge in [-0.05, 0) is 19.0 Å². The Morgan fingerprint density at radius 3 is 2.82 bits per heavy atom. The predicted octanol–water partition coefficient (Wildman–Crippen LogP) is 2.44. The summed E-state index contributed by atoms with van der Waals surface area (Å²) in [5, 5.41) is 0. The van der Waals surface area contributed by atoms with Gasteiger partial charge in [-0.1, -0.05) is 12.5 Å². The van der Waals surface area contributed by atoms with E-state index in [0.717, 1.165) is 25.5 Å². The second-order valence-electron chi connectivity index (χ2n) is 3.26. The van der Waals surface area contributed by atoms with Crippen LogP contribution in [0, 0.1) is 0 Å². The van der Waals surface area contributed by atoms with Crippen LogP contribution in [0.25, 0.3) is 0 Å². The SMILES string of the molecule is C=CC(F)[Si]1(C)CCCCO1. The van der Waals surface area contributed by atoms with E-state index >= 15 is 0 Å². The predicted molar refractivity (Wildman–Crippen MR) is 46.7 cm³/mol. The van der Waals surface area contributed by atoms with Crippen molar-refractivity contribution in [3.8, 4) is 0 Å². The van der Waals surface area contributed by atoms with E-state index in [0.29, 0.717) is 0 Å². The van der Waals surface area contributed by atoms with Gasteiger partial charge in [0.15, 0.2) is 0 Å². The van der Waals surface area contributed by atoms with Crippen LogP contribution in [-0.2, 0) is 4.43 Å². The van der Waals surface area contributed by atoms with Crippen LogP contribution in [0.4, 0.5) is 4.39 Å². The third-order valence-electron chi connectivity index (χ3n) is 2.29. The van der Waals surface area contributed by atoms with Gasteiger partial charge in [0, 0.05) is 6.61 Å². The first-order valence-corrected chi connectivity index (χ1v) is 6.79. The first kappa shape index (κ1) is 8.94. The average Bonchev–Trinajstić information content (AvgIpc) is 2.04. The van der Waals surface area contributed by atoms with Crippen LogP contribution in [0.3, 0.4) is 0 Å². The second-order valence-corrected chi connectivity index (χ2v) is 7.22. The molecular weight excluding hydrogens is 159 g/mol. The van der Waals surface area contributed by atoms with Gasteiger partial charge in [0.1, 0.15) is 5.79 Å². The van der Waals surface area contributed by atoms with E-state index in [1.54, 1.807) is 0 Å². The zero-order valence-corrected chi connectivity index (χ0v) is 7.98. The van der Waals surface area contributed by atoms with Crippen molar-refractivity contribution >= 4 is 8.32 Å². The highest BCUT2D eigenvalue weighted by Crippen LogP contribution is 2.26. The number of rotatable bonds is 2. The molecule has 1 heterocycles. The molecule has 1 fully saturated rings. The third kappa shape index (κ3) is 1.90. The summed E-state index contributed by atoms with van der Waals surface area (Å²) in [6.45, 7) is 6.16. The maximum Gasteiger partial charge on any atom is 0.228 e. The van der Waals surface area contributed by atoms with Gasteiger partial charge in [-0.25, -0.2) is 4.39 Å². The molecule has 0 aromatic rings. The van der Waals surface area contributed by atoms with Crippen molar-refractivity contribution in [3.05, 3.63) is 12.7 Å². The molecule has 11 heavy (non-hydrogen) atoms. The molecular formula is C8H15FOSi. The largest absolute Gasteiger partial charge is 0.414 e. The standard InChI is InChI=1S/C8H15FOSi/c1-3-8(9)11(2)7-5-4-6-10-11/h3,8H,1,4-7H2,2H3. The summed E-state index contributed by atoms with van der Waals surface area (Å²) < 4.78 is 18.7. The Hall–Kier alpha value is -0.153. The number of hydrogen-bond acceptors (Lipinski definition) is 1. The van der Waals surface area contributed by atoms with Crippen LogP contribution in [0.5, 0.6) is 0 Å². The first-order valence-electron chi connectivity index (χ1n) is 4.09. The Kier molecular flexibility index (Phi) is 2.84. The third-order valence-corrected chi connectivity index (χ3v) is 5.90. The monoisotopic (exact) mass is 174 g/mol. The Morgan fingerprint density at radius 2 is 2.36 bits per heavy atom. The molecule has 1 nitrogen and oxygen atoms in total. The van der Waals surface area contributed by atoms with Crippen molar-refractivity contribution in [1.29, 1.82) is 0 Å². The molecule has 2 unspecified atom stereocenters. The van der Waals surface area contributed by atoms with Gasteiger partial charge in [-0.15, -0.1) is 6.58 Å². The summed E-state index contributed by atoms with van der Waals surface area (Å²) in [4.78, 5) is 0. The summed E-state index contributed by atoms with van der Waals surface area (Å²) in [6, 6.07) is 0.945. The van der Waals surface area contributed by atoms with E-state index in [1.165, 1.54) is 6.08 Å². The van der Waals surface area contributed by atoms with E-state index in [1.807, 2.05) is 6.55 Å². The van der Waals surface area contributed by atoms with Gasteiger partial charge in [0.05, 0.1) is 0 Å². The van der Waals surface area contributed by atoms with Crippen LogP contribution in [-0.4, -0.2) is 20.7 Å². The van der Waals surface area contributed by atoms with E-state index in [4.69, 9.17) is 4.43 Å². The first-order chi connectivity index (χ1) is 5.19. The molecule has 0 saturated carbocycles. The van der Waals surface area contributed by atoms with Gasteiger partial charge in [-0.3, -0.25) is 0 Å². The van der Waals surface area contributed by atoms with Gasteiger partial charge < -0.3 is 4.43 Å². The lowest BCUT2D eigenvalue weighted by Crippen LogP contribution is -2.46. The molecule has 0 amide bonds. The van der Waals surface area contributed by atoms with Crippen molar-refractivity contribution in [3.63, 3.8) is 0 Å². The molecule has 0 aromatic carbocycles. The van der Waals surface area contributed by atoms with E-state index < -0.39 is 14.1 Å². The minimum atomic E-state index is -2.02. The molecule has 64 valence electrons. The molecule has 0 aromatic heterocycles. The van der Waals surface area contributed by atoms with E-state index in [2.05, 4.69) is 6.58 Å². The number of hydrogen-bond donors (Lipinski definition) is 0. The molecule has 0 radical (unpaired) electrons. The Morgan fingerprint density at radius 1 is 1.64 bits per heavy atom. The van der Waals surface area contributed by atoms with E-state index in [-0.39, 0.29) is 0 Å². The highest BCUT2D eigenvalue weighted by molar-refractivity contribution is 6.74. The molecule has 0 aliphatic carbocycles. The summed E-state index contributed by atoms with van der Waals surface area (Å²) in [7, 11) is -2.02. The van der Waals surface area contributed by atoms with Crippen molar-refractivity contribution in [2.45, 2.75) is 31.2 Å². The summed E-state index contributed by atoms with van der Waals surface area (Å²) in [5.41, 5.74) is 0. The maximum absolute atomic E-state index is 13.2. The minimum Gasteiger partial charge on any atom is -0.414 e. The highest BCUT2D eigenvalue weighted by Gasteiger charge is 2.38. The second kappa shape index (κ2) is 3.50. The van der Waals surface area contributed by atoms with Gasteiger partial charge in [0.2, 0.25) is 8.32 Å². The molecule has 1 aliphatic rings. The Bertz CT molecular complexity index is 143. The van der Waals surface area contributed by atoms with Crippen LogP contribution < -0.4 is 0 Å². The number of alkyl halides is 1. The fourth-order valence-corrected chi connectivity index (χ4v) is 4.06. The Balaban J connectivity index is 2.55. The van der Waals surface area contributed by atoms with Gasteiger partial charge >= 0.3 is 0 Å². The van der Waals surface area contributed by atoms with Gasteiger partial charge in [0.25, 0.3) is 0 Å². The van der Waals surface area contributed by atoms with Gasteiger partial charge in [-0.2, -0.15) is 0 Å². The molecule has 0 spiro atoms. The minimum absolute atomic E-state index is 0.747. The lowest BCUT2D eigenvalue weighted by Gasteiger charge is -2.32. The lowest BCUT2D eigenvalue weighted by atomic mass is 10.4. The summed E-state index contributed by atoms with van der Waals surface area (Å²) >= 11 is 0. The quantitative estimate of drug-likeness (QED) is 0.461. The fraction of sp³-hybridized carbons (Fsp3) is 0.750. The van der Waals surface area contributed by atoms with Crippen LogP contribution in [0.2, 0.25) is 12.6 Å². The van der Waals surface area contributed by atoms with Crippen LogP contribution in [0.1, 0.15) is 12.8 Å². The number of allylic oxidation sites excluding steroid dienone is 1. The lowest BCUT2D eigenvalue weighted by molar-refractivity contribution is 0.247. The van der Waals surface area contributed by atoms with Crippen LogP contribution in [0.15, 0.2) is 12.7 Å².